The zero-order chi connectivity index (χ0) is 8.01. The van der Waals surface area contributed by atoms with E-state index in [-0.39, 0.29) is 30.0 Å². The topological polar surface area (TPSA) is 46.5 Å². The van der Waals surface area contributed by atoms with Gasteiger partial charge in [0.25, 0.3) is 0 Å². The van der Waals surface area contributed by atoms with Crippen molar-refractivity contribution < 1.29 is 14.6 Å². The Morgan fingerprint density at radius 3 is 3.00 bits per heavy atom. The van der Waals surface area contributed by atoms with Crippen LogP contribution in [0.5, 0.6) is 0 Å². The van der Waals surface area contributed by atoms with Crippen LogP contribution in [-0.2, 0) is 9.53 Å². The SMILES string of the molecule is C[C@H]1[C@@H]2CC(=O)O[C@@H]2C[C@@H]1O. The molecule has 0 aromatic carbocycles. The van der Waals surface area contributed by atoms with Crippen LogP contribution in [0, 0.1) is 11.8 Å². The predicted molar refractivity (Wildman–Crippen MR) is 37.8 cm³/mol. The van der Waals surface area contributed by atoms with E-state index < -0.39 is 0 Å². The van der Waals surface area contributed by atoms with E-state index in [9.17, 15) is 9.90 Å². The van der Waals surface area contributed by atoms with Crippen LogP contribution in [0.3, 0.4) is 0 Å². The van der Waals surface area contributed by atoms with Gasteiger partial charge in [-0.3, -0.25) is 4.79 Å². The molecule has 1 heterocycles. The summed E-state index contributed by atoms with van der Waals surface area (Å²) < 4.78 is 5.03. The van der Waals surface area contributed by atoms with Crippen LogP contribution in [0.1, 0.15) is 19.8 Å². The van der Waals surface area contributed by atoms with Crippen LogP contribution in [0.15, 0.2) is 0 Å². The Hall–Kier alpha value is -0.570. The predicted octanol–water partition coefficient (Wildman–Crippen LogP) is 0.319. The fourth-order valence-corrected chi connectivity index (χ4v) is 2.11. The van der Waals surface area contributed by atoms with E-state index >= 15 is 0 Å². The zero-order valence-corrected chi connectivity index (χ0v) is 6.49. The highest BCUT2D eigenvalue weighted by Crippen LogP contribution is 2.40. The Labute approximate surface area is 65.4 Å². The molecule has 0 bridgehead atoms. The van der Waals surface area contributed by atoms with Crippen molar-refractivity contribution >= 4 is 5.97 Å². The molecule has 62 valence electrons. The summed E-state index contributed by atoms with van der Waals surface area (Å²) in [6.07, 6.45) is 0.881. The molecule has 4 atom stereocenters. The second kappa shape index (κ2) is 2.21. The largest absolute Gasteiger partial charge is 0.462 e. The lowest BCUT2D eigenvalue weighted by Crippen LogP contribution is -2.15. The first-order valence-electron chi connectivity index (χ1n) is 4.06. The maximum absolute atomic E-state index is 10.8. The zero-order valence-electron chi connectivity index (χ0n) is 6.49. The number of esters is 1. The van der Waals surface area contributed by atoms with Crippen LogP contribution in [0.2, 0.25) is 0 Å². The van der Waals surface area contributed by atoms with Crippen LogP contribution < -0.4 is 0 Å². The molecule has 3 heteroatoms. The fraction of sp³-hybridized carbons (Fsp3) is 0.875. The molecule has 3 nitrogen and oxygen atoms in total. The molecule has 2 rings (SSSR count). The van der Waals surface area contributed by atoms with Crippen molar-refractivity contribution in [2.75, 3.05) is 0 Å². The van der Waals surface area contributed by atoms with Gasteiger partial charge in [0, 0.05) is 12.3 Å². The molecule has 11 heavy (non-hydrogen) atoms. The number of hydrogen-bond acceptors (Lipinski definition) is 3. The summed E-state index contributed by atoms with van der Waals surface area (Å²) in [5, 5.41) is 9.40. The van der Waals surface area contributed by atoms with E-state index in [1.54, 1.807) is 0 Å². The molecular weight excluding hydrogens is 144 g/mol. The van der Waals surface area contributed by atoms with Crippen molar-refractivity contribution in [3.8, 4) is 0 Å². The number of carbonyl (C=O) groups excluding carboxylic acids is 1. The summed E-state index contributed by atoms with van der Waals surface area (Å²) >= 11 is 0. The van der Waals surface area contributed by atoms with E-state index in [0.29, 0.717) is 12.8 Å². The van der Waals surface area contributed by atoms with Gasteiger partial charge in [-0.25, -0.2) is 0 Å². The lowest BCUT2D eigenvalue weighted by atomic mass is 9.94. The number of aliphatic hydroxyl groups excluding tert-OH is 1. The van der Waals surface area contributed by atoms with Crippen molar-refractivity contribution in [3.63, 3.8) is 0 Å². The Morgan fingerprint density at radius 1 is 1.64 bits per heavy atom. The fourth-order valence-electron chi connectivity index (χ4n) is 2.11. The van der Waals surface area contributed by atoms with Gasteiger partial charge in [-0.15, -0.1) is 0 Å². The highest BCUT2D eigenvalue weighted by molar-refractivity contribution is 5.72. The number of hydrogen-bond donors (Lipinski definition) is 1. The van der Waals surface area contributed by atoms with Crippen molar-refractivity contribution in [1.29, 1.82) is 0 Å². The van der Waals surface area contributed by atoms with E-state index in [1.807, 2.05) is 6.92 Å². The number of carbonyl (C=O) groups is 1. The summed E-state index contributed by atoms with van der Waals surface area (Å²) in [5.74, 6) is 0.405. The third kappa shape index (κ3) is 0.948. The minimum atomic E-state index is -0.266. The second-order valence-corrected chi connectivity index (χ2v) is 3.56. The van der Waals surface area contributed by atoms with Crippen molar-refractivity contribution in [1.82, 2.24) is 0 Å². The molecule has 0 amide bonds. The van der Waals surface area contributed by atoms with Gasteiger partial charge < -0.3 is 9.84 Å². The van der Waals surface area contributed by atoms with E-state index in [2.05, 4.69) is 0 Å². The van der Waals surface area contributed by atoms with Gasteiger partial charge in [0.05, 0.1) is 12.5 Å². The molecule has 2 fully saturated rings. The molecule has 1 saturated heterocycles. The first-order chi connectivity index (χ1) is 5.18. The Balaban J connectivity index is 2.13. The normalized spacial score (nSPS) is 49.1. The molecule has 1 aliphatic heterocycles. The number of aliphatic hydroxyl groups is 1. The average molecular weight is 156 g/mol. The van der Waals surface area contributed by atoms with Gasteiger partial charge in [0.2, 0.25) is 0 Å². The van der Waals surface area contributed by atoms with Crippen LogP contribution in [0.25, 0.3) is 0 Å². The minimum absolute atomic E-state index is 0.00694. The molecule has 1 aliphatic carbocycles. The Morgan fingerprint density at radius 2 is 2.36 bits per heavy atom. The molecule has 1 saturated carbocycles. The van der Waals surface area contributed by atoms with Gasteiger partial charge >= 0.3 is 5.97 Å². The maximum atomic E-state index is 10.8. The van der Waals surface area contributed by atoms with E-state index in [0.717, 1.165) is 0 Å². The number of fused-ring (bicyclic) bond motifs is 1. The molecule has 2 aliphatic rings. The Bertz CT molecular complexity index is 190. The molecule has 0 spiro atoms. The van der Waals surface area contributed by atoms with Gasteiger partial charge in [0.15, 0.2) is 0 Å². The number of ether oxygens (including phenoxy) is 1. The third-order valence-electron chi connectivity index (χ3n) is 2.92. The molecular formula is C8H12O3. The molecule has 1 N–H and O–H groups in total. The average Bonchev–Trinajstić information content (AvgIpc) is 2.37. The number of rotatable bonds is 0. The monoisotopic (exact) mass is 156 g/mol. The van der Waals surface area contributed by atoms with E-state index in [4.69, 9.17) is 4.74 Å². The first kappa shape index (κ1) is 7.10. The summed E-state index contributed by atoms with van der Waals surface area (Å²) in [5.41, 5.74) is 0. The summed E-state index contributed by atoms with van der Waals surface area (Å²) in [6.45, 7) is 1.98. The molecule has 0 unspecified atom stereocenters. The van der Waals surface area contributed by atoms with Gasteiger partial charge in [-0.2, -0.15) is 0 Å². The first-order valence-corrected chi connectivity index (χ1v) is 4.06. The standard InChI is InChI=1S/C8H12O3/c1-4-5-2-8(10)11-7(5)3-6(4)9/h4-7,9H,2-3H2,1H3/t4-,5-,6-,7+/m0/s1. The van der Waals surface area contributed by atoms with Gasteiger partial charge in [-0.05, 0) is 5.92 Å². The van der Waals surface area contributed by atoms with Crippen LogP contribution in [-0.4, -0.2) is 23.3 Å². The lowest BCUT2D eigenvalue weighted by Gasteiger charge is -2.11. The minimum Gasteiger partial charge on any atom is -0.462 e. The second-order valence-electron chi connectivity index (χ2n) is 3.56. The molecule has 0 aromatic heterocycles. The van der Waals surface area contributed by atoms with Crippen molar-refractivity contribution in [3.05, 3.63) is 0 Å². The maximum Gasteiger partial charge on any atom is 0.306 e. The van der Waals surface area contributed by atoms with E-state index in [1.165, 1.54) is 0 Å². The quantitative estimate of drug-likeness (QED) is 0.514. The highest BCUT2D eigenvalue weighted by Gasteiger charge is 2.47. The molecule has 0 aromatic rings. The van der Waals surface area contributed by atoms with Gasteiger partial charge in [0.1, 0.15) is 6.10 Å². The van der Waals surface area contributed by atoms with Gasteiger partial charge in [-0.1, -0.05) is 6.92 Å². The van der Waals surface area contributed by atoms with Crippen molar-refractivity contribution in [2.24, 2.45) is 11.8 Å². The van der Waals surface area contributed by atoms with Crippen molar-refractivity contribution in [2.45, 2.75) is 32.0 Å². The summed E-state index contributed by atoms with van der Waals surface area (Å²) in [4.78, 5) is 10.8. The highest BCUT2D eigenvalue weighted by atomic mass is 16.6. The van der Waals surface area contributed by atoms with Crippen LogP contribution in [0.4, 0.5) is 0 Å². The van der Waals surface area contributed by atoms with Crippen LogP contribution >= 0.6 is 0 Å². The molecule has 0 radical (unpaired) electrons. The summed E-state index contributed by atoms with van der Waals surface area (Å²) in [6, 6.07) is 0. The summed E-state index contributed by atoms with van der Waals surface area (Å²) in [7, 11) is 0. The smallest absolute Gasteiger partial charge is 0.306 e. The Kier molecular flexibility index (Phi) is 1.42. The lowest BCUT2D eigenvalue weighted by molar-refractivity contribution is -0.141. The third-order valence-corrected chi connectivity index (χ3v) is 2.92.